The molecule has 4 nitrogen and oxygen atoms in total. The molecule has 1 aromatic carbocycles. The smallest absolute Gasteiger partial charge is 0.272 e. The van der Waals surface area contributed by atoms with E-state index in [9.17, 15) is 9.59 Å². The first-order valence-electron chi connectivity index (χ1n) is 5.87. The number of thioether (sulfide) groups is 1. The summed E-state index contributed by atoms with van der Waals surface area (Å²) in [5.41, 5.74) is 1.74. The molecule has 2 amide bonds. The van der Waals surface area contributed by atoms with Crippen molar-refractivity contribution in [3.05, 3.63) is 46.3 Å². The van der Waals surface area contributed by atoms with Crippen LogP contribution in [-0.4, -0.2) is 28.1 Å². The highest BCUT2D eigenvalue weighted by Gasteiger charge is 2.31. The molecule has 0 bridgehead atoms. The van der Waals surface area contributed by atoms with Gasteiger partial charge in [-0.15, -0.1) is 11.3 Å². The molecule has 3 rings (SSSR count). The van der Waals surface area contributed by atoms with Gasteiger partial charge in [-0.3, -0.25) is 14.5 Å². The Kier molecular flexibility index (Phi) is 3.42. The normalized spacial score (nSPS) is 17.2. The van der Waals surface area contributed by atoms with Crippen molar-refractivity contribution in [1.29, 1.82) is 0 Å². The molecular weight excluding hydrogens is 292 g/mol. The van der Waals surface area contributed by atoms with E-state index in [4.69, 9.17) is 0 Å². The second kappa shape index (κ2) is 5.22. The lowest BCUT2D eigenvalue weighted by Gasteiger charge is -2.00. The van der Waals surface area contributed by atoms with Crippen LogP contribution in [0.3, 0.4) is 0 Å². The maximum Gasteiger partial charge on any atom is 0.293 e. The number of likely N-dealkylation sites (N-methyl/N-ethyl adjacent to an activating group) is 1. The van der Waals surface area contributed by atoms with Crippen LogP contribution in [0.15, 0.2) is 40.6 Å². The molecule has 1 aliphatic rings. The number of rotatable bonds is 2. The Bertz CT molecular complexity index is 707. The summed E-state index contributed by atoms with van der Waals surface area (Å²) in [5, 5.41) is 2.53. The van der Waals surface area contributed by atoms with Crippen LogP contribution >= 0.6 is 23.1 Å². The van der Waals surface area contributed by atoms with Crippen molar-refractivity contribution >= 4 is 40.3 Å². The number of hydrogen-bond acceptors (Lipinski definition) is 5. The summed E-state index contributed by atoms with van der Waals surface area (Å²) in [6.45, 7) is 0. The molecule has 0 aliphatic carbocycles. The zero-order valence-electron chi connectivity index (χ0n) is 10.6. The third-order valence-electron chi connectivity index (χ3n) is 2.81. The predicted octanol–water partition coefficient (Wildman–Crippen LogP) is 3.48. The zero-order chi connectivity index (χ0) is 14.1. The van der Waals surface area contributed by atoms with E-state index in [1.807, 2.05) is 35.7 Å². The highest BCUT2D eigenvalue weighted by atomic mass is 32.2. The summed E-state index contributed by atoms with van der Waals surface area (Å²) in [4.78, 5) is 29.2. The number of hydrogen-bond donors (Lipinski definition) is 0. The number of carbonyl (C=O) groups is 2. The molecule has 6 heteroatoms. The van der Waals surface area contributed by atoms with Crippen molar-refractivity contribution in [2.24, 2.45) is 0 Å². The molecule has 0 radical (unpaired) electrons. The maximum absolute atomic E-state index is 11.8. The molecule has 2 aromatic rings. The van der Waals surface area contributed by atoms with Crippen molar-refractivity contribution in [1.82, 2.24) is 9.88 Å². The number of aromatic nitrogens is 1. The molecule has 1 aromatic heterocycles. The number of nitrogens with zero attached hydrogens (tertiary/aromatic N) is 2. The van der Waals surface area contributed by atoms with E-state index in [1.54, 1.807) is 6.08 Å². The molecule has 0 saturated carbocycles. The molecule has 100 valence electrons. The monoisotopic (exact) mass is 302 g/mol. The lowest BCUT2D eigenvalue weighted by molar-refractivity contribution is -0.121. The summed E-state index contributed by atoms with van der Waals surface area (Å²) in [7, 11) is 1.48. The topological polar surface area (TPSA) is 50.3 Å². The first-order valence-corrected chi connectivity index (χ1v) is 7.57. The second-order valence-corrected chi connectivity index (χ2v) is 6.04. The second-order valence-electron chi connectivity index (χ2n) is 4.18. The van der Waals surface area contributed by atoms with Crippen molar-refractivity contribution in [3.63, 3.8) is 0 Å². The number of benzene rings is 1. The summed E-state index contributed by atoms with van der Waals surface area (Å²) >= 11 is 2.46. The van der Waals surface area contributed by atoms with Crippen LogP contribution in [-0.2, 0) is 4.79 Å². The van der Waals surface area contributed by atoms with Gasteiger partial charge in [0, 0.05) is 18.0 Å². The fraction of sp³-hybridized carbons (Fsp3) is 0.0714. The minimum absolute atomic E-state index is 0.250. The van der Waals surface area contributed by atoms with Crippen LogP contribution in [0.2, 0.25) is 0 Å². The lowest BCUT2D eigenvalue weighted by Crippen LogP contribution is -2.22. The van der Waals surface area contributed by atoms with Gasteiger partial charge in [0.05, 0.1) is 10.6 Å². The standard InChI is InChI=1S/C14H10N2O2S2/c1-16-13(17)11(20-14(16)18)7-10-8-19-12(15-10)9-5-3-2-4-6-9/h2-8H,1H3/b11-7+. The van der Waals surface area contributed by atoms with Crippen LogP contribution in [0.1, 0.15) is 5.69 Å². The average molecular weight is 302 g/mol. The first kappa shape index (κ1) is 13.1. The average Bonchev–Trinajstić information content (AvgIpc) is 3.02. The van der Waals surface area contributed by atoms with Crippen molar-refractivity contribution in [2.45, 2.75) is 0 Å². The fourth-order valence-electron chi connectivity index (χ4n) is 1.75. The molecule has 0 atom stereocenters. The molecule has 2 heterocycles. The Balaban J connectivity index is 1.89. The maximum atomic E-state index is 11.8. The lowest BCUT2D eigenvalue weighted by atomic mass is 10.2. The largest absolute Gasteiger partial charge is 0.293 e. The number of thiazole rings is 1. The molecule has 0 unspecified atom stereocenters. The summed E-state index contributed by atoms with van der Waals surface area (Å²) in [6.07, 6.45) is 1.66. The summed E-state index contributed by atoms with van der Waals surface area (Å²) < 4.78 is 0. The van der Waals surface area contributed by atoms with Gasteiger partial charge in [-0.2, -0.15) is 0 Å². The quantitative estimate of drug-likeness (QED) is 0.797. The van der Waals surface area contributed by atoms with E-state index in [-0.39, 0.29) is 11.1 Å². The molecule has 1 fully saturated rings. The first-order chi connectivity index (χ1) is 9.65. The van der Waals surface area contributed by atoms with Crippen molar-refractivity contribution in [2.75, 3.05) is 7.05 Å². The highest BCUT2D eigenvalue weighted by molar-refractivity contribution is 8.18. The molecule has 1 saturated heterocycles. The van der Waals surface area contributed by atoms with Gasteiger partial charge in [-0.1, -0.05) is 30.3 Å². The number of imide groups is 1. The SMILES string of the molecule is CN1C(=O)S/C(=C/c2csc(-c3ccccc3)n2)C1=O. The number of carbonyl (C=O) groups excluding carboxylic acids is 2. The van der Waals surface area contributed by atoms with Crippen LogP contribution in [0.25, 0.3) is 16.6 Å². The Morgan fingerprint density at radius 2 is 1.95 bits per heavy atom. The Labute approximate surface area is 124 Å². The molecule has 0 spiro atoms. The predicted molar refractivity (Wildman–Crippen MR) is 81.3 cm³/mol. The van der Waals surface area contributed by atoms with E-state index >= 15 is 0 Å². The van der Waals surface area contributed by atoms with Gasteiger partial charge in [0.15, 0.2) is 0 Å². The van der Waals surface area contributed by atoms with Crippen molar-refractivity contribution in [3.8, 4) is 10.6 Å². The highest BCUT2D eigenvalue weighted by Crippen LogP contribution is 2.32. The molecule has 1 aliphatic heterocycles. The van der Waals surface area contributed by atoms with Crippen LogP contribution in [0.5, 0.6) is 0 Å². The van der Waals surface area contributed by atoms with E-state index in [1.165, 1.54) is 18.4 Å². The minimum atomic E-state index is -0.269. The van der Waals surface area contributed by atoms with Gasteiger partial charge in [0.1, 0.15) is 5.01 Å². The van der Waals surface area contributed by atoms with Gasteiger partial charge < -0.3 is 0 Å². The van der Waals surface area contributed by atoms with Gasteiger partial charge in [0.2, 0.25) is 0 Å². The van der Waals surface area contributed by atoms with Gasteiger partial charge in [-0.25, -0.2) is 4.98 Å². The van der Waals surface area contributed by atoms with E-state index in [0.29, 0.717) is 10.6 Å². The fourth-order valence-corrected chi connectivity index (χ4v) is 3.34. The van der Waals surface area contributed by atoms with Gasteiger partial charge in [0.25, 0.3) is 11.1 Å². The van der Waals surface area contributed by atoms with E-state index in [0.717, 1.165) is 27.2 Å². The summed E-state index contributed by atoms with van der Waals surface area (Å²) in [6, 6.07) is 9.85. The Hall–Kier alpha value is -1.92. The van der Waals surface area contributed by atoms with E-state index in [2.05, 4.69) is 4.98 Å². The summed E-state index contributed by atoms with van der Waals surface area (Å²) in [5.74, 6) is -0.269. The van der Waals surface area contributed by atoms with Crippen LogP contribution < -0.4 is 0 Å². The third kappa shape index (κ3) is 2.39. The van der Waals surface area contributed by atoms with Crippen LogP contribution in [0.4, 0.5) is 4.79 Å². The Morgan fingerprint density at radius 3 is 2.60 bits per heavy atom. The van der Waals surface area contributed by atoms with Crippen LogP contribution in [0, 0.1) is 0 Å². The molecular formula is C14H10N2O2S2. The van der Waals surface area contributed by atoms with E-state index < -0.39 is 0 Å². The molecule has 0 N–H and O–H groups in total. The van der Waals surface area contributed by atoms with Crippen molar-refractivity contribution < 1.29 is 9.59 Å². The zero-order valence-corrected chi connectivity index (χ0v) is 12.2. The number of amides is 2. The Morgan fingerprint density at radius 1 is 1.20 bits per heavy atom. The van der Waals surface area contributed by atoms with Gasteiger partial charge in [-0.05, 0) is 17.8 Å². The molecule has 20 heavy (non-hydrogen) atoms. The van der Waals surface area contributed by atoms with Gasteiger partial charge >= 0.3 is 0 Å². The third-order valence-corrected chi connectivity index (χ3v) is 4.68. The minimum Gasteiger partial charge on any atom is -0.272 e.